The van der Waals surface area contributed by atoms with E-state index in [2.05, 4.69) is 24.5 Å². The van der Waals surface area contributed by atoms with Gasteiger partial charge in [-0.15, -0.1) is 0 Å². The number of piperidine rings is 1. The van der Waals surface area contributed by atoms with Gasteiger partial charge in [0.15, 0.2) is 0 Å². The Morgan fingerprint density at radius 1 is 0.932 bits per heavy atom. The van der Waals surface area contributed by atoms with E-state index in [0.717, 1.165) is 70.1 Å². The van der Waals surface area contributed by atoms with Gasteiger partial charge in [-0.25, -0.2) is 4.79 Å². The quantitative estimate of drug-likeness (QED) is 0.323. The Balaban J connectivity index is 1.07. The summed E-state index contributed by atoms with van der Waals surface area (Å²) in [5, 5.41) is 5.87. The number of primary amides is 1. The molecule has 1 aliphatic heterocycles. The summed E-state index contributed by atoms with van der Waals surface area (Å²) in [4.78, 5) is 68.0. The highest BCUT2D eigenvalue weighted by molar-refractivity contribution is 6.37. The Morgan fingerprint density at radius 2 is 1.68 bits per heavy atom. The van der Waals surface area contributed by atoms with Crippen molar-refractivity contribution in [2.45, 2.75) is 128 Å². The van der Waals surface area contributed by atoms with Gasteiger partial charge in [0, 0.05) is 6.54 Å². The molecule has 4 amide bonds. The van der Waals surface area contributed by atoms with Crippen molar-refractivity contribution in [2.75, 3.05) is 6.54 Å². The zero-order chi connectivity index (χ0) is 31.0. The van der Waals surface area contributed by atoms with Gasteiger partial charge in [-0.1, -0.05) is 52.4 Å². The van der Waals surface area contributed by atoms with E-state index in [4.69, 9.17) is 10.5 Å². The molecule has 1 spiro atoms. The molecule has 9 atom stereocenters. The first kappa shape index (κ1) is 30.0. The summed E-state index contributed by atoms with van der Waals surface area (Å²) in [5.74, 6) is -0.685. The number of amides is 4. The summed E-state index contributed by atoms with van der Waals surface area (Å²) in [6.07, 6.45) is 13.2. The van der Waals surface area contributed by atoms with E-state index in [1.165, 1.54) is 19.3 Å². The van der Waals surface area contributed by atoms with Crippen molar-refractivity contribution in [1.82, 2.24) is 15.5 Å². The summed E-state index contributed by atoms with van der Waals surface area (Å²) in [6.45, 7) is 4.65. The van der Waals surface area contributed by atoms with Crippen LogP contribution < -0.4 is 16.4 Å². The van der Waals surface area contributed by atoms with Crippen molar-refractivity contribution < 1.29 is 28.7 Å². The highest BCUT2D eigenvalue weighted by atomic mass is 16.6. The van der Waals surface area contributed by atoms with Crippen molar-refractivity contribution in [2.24, 2.45) is 52.1 Å². The molecule has 0 aromatic heterocycles. The zero-order valence-corrected chi connectivity index (χ0v) is 26.4. The van der Waals surface area contributed by atoms with Crippen molar-refractivity contribution >= 4 is 29.6 Å². The maximum Gasteiger partial charge on any atom is 0.408 e. The Morgan fingerprint density at radius 3 is 2.34 bits per heavy atom. The Labute approximate surface area is 260 Å². The lowest BCUT2D eigenvalue weighted by Gasteiger charge is -2.37. The number of nitrogens with two attached hydrogens (primary N) is 1. The van der Waals surface area contributed by atoms with Crippen LogP contribution in [0.4, 0.5) is 4.79 Å². The first-order valence-electron chi connectivity index (χ1n) is 17.4. The molecule has 10 nitrogen and oxygen atoms in total. The van der Waals surface area contributed by atoms with Crippen LogP contribution in [0, 0.1) is 46.3 Å². The van der Waals surface area contributed by atoms with Gasteiger partial charge in [0.05, 0.1) is 6.04 Å². The van der Waals surface area contributed by atoms with Gasteiger partial charge in [0.2, 0.25) is 17.6 Å². The van der Waals surface area contributed by atoms with Crippen LogP contribution >= 0.6 is 0 Å². The minimum atomic E-state index is -1.05. The van der Waals surface area contributed by atoms with E-state index >= 15 is 0 Å². The third-order valence-electron chi connectivity index (χ3n) is 13.3. The molecule has 0 aromatic rings. The summed E-state index contributed by atoms with van der Waals surface area (Å²) in [7, 11) is 0. The van der Waals surface area contributed by atoms with Crippen molar-refractivity contribution in [3.05, 3.63) is 0 Å². The molecule has 44 heavy (non-hydrogen) atoms. The minimum Gasteiger partial charge on any atom is -0.446 e. The van der Waals surface area contributed by atoms with E-state index in [9.17, 15) is 24.0 Å². The first-order chi connectivity index (χ1) is 21.0. The molecular weight excluding hydrogens is 560 g/mol. The molecule has 7 fully saturated rings. The molecule has 6 saturated carbocycles. The number of nitrogens with zero attached hydrogens (tertiary/aromatic N) is 1. The van der Waals surface area contributed by atoms with Crippen LogP contribution in [-0.2, 0) is 23.9 Å². The maximum atomic E-state index is 14.4. The molecule has 5 unspecified atom stereocenters. The van der Waals surface area contributed by atoms with E-state index in [0.29, 0.717) is 24.3 Å². The Kier molecular flexibility index (Phi) is 7.51. The first-order valence-corrected chi connectivity index (χ1v) is 17.4. The Hall–Kier alpha value is -2.65. The SMILES string of the molecule is CC1(C)C2CN(C(=O)[C@@H](NC(=O)O[C@H]3CC4CC5C[C@@]5(C4)C3)C3CCCCC3)[C@H](C(=O)NC(CC3CCC3)C(=O)C(N)=O)C21. The van der Waals surface area contributed by atoms with E-state index in [1.807, 2.05) is 0 Å². The van der Waals surface area contributed by atoms with Gasteiger partial charge in [-0.2, -0.15) is 0 Å². The smallest absolute Gasteiger partial charge is 0.408 e. The van der Waals surface area contributed by atoms with Gasteiger partial charge < -0.3 is 26.0 Å². The lowest BCUT2D eigenvalue weighted by Crippen LogP contribution is -2.60. The molecule has 7 aliphatic rings. The number of carbonyl (C=O) groups is 5. The van der Waals surface area contributed by atoms with Crippen molar-refractivity contribution in [1.29, 1.82) is 0 Å². The monoisotopic (exact) mass is 610 g/mol. The number of hydrogen-bond acceptors (Lipinski definition) is 6. The van der Waals surface area contributed by atoms with Gasteiger partial charge in [0.25, 0.3) is 5.91 Å². The van der Waals surface area contributed by atoms with Crippen molar-refractivity contribution in [3.63, 3.8) is 0 Å². The van der Waals surface area contributed by atoms with Crippen LogP contribution in [0.15, 0.2) is 0 Å². The summed E-state index contributed by atoms with van der Waals surface area (Å²) >= 11 is 0. The zero-order valence-electron chi connectivity index (χ0n) is 26.4. The number of fused-ring (bicyclic) bond motifs is 2. The molecular formula is C34H50N4O6. The number of rotatable bonds is 10. The molecule has 7 rings (SSSR count). The lowest BCUT2D eigenvalue weighted by atomic mass is 9.80. The number of Topliss-reactive ketones (excluding diaryl/α,β-unsaturated/α-hetero) is 1. The van der Waals surface area contributed by atoms with Crippen LogP contribution in [-0.4, -0.2) is 65.3 Å². The van der Waals surface area contributed by atoms with E-state index in [-0.39, 0.29) is 41.1 Å². The van der Waals surface area contributed by atoms with Gasteiger partial charge in [-0.05, 0) is 97.7 Å². The number of carbonyl (C=O) groups excluding carboxylic acids is 5. The molecule has 0 aromatic carbocycles. The minimum absolute atomic E-state index is 0.0193. The predicted octanol–water partition coefficient (Wildman–Crippen LogP) is 3.45. The van der Waals surface area contributed by atoms with Gasteiger partial charge >= 0.3 is 6.09 Å². The molecule has 1 heterocycles. The topological polar surface area (TPSA) is 148 Å². The predicted molar refractivity (Wildman–Crippen MR) is 161 cm³/mol. The number of alkyl carbamates (subject to hydrolysis) is 1. The largest absolute Gasteiger partial charge is 0.446 e. The Bertz CT molecular complexity index is 1230. The second-order valence-corrected chi connectivity index (χ2v) is 16.3. The molecule has 1 saturated heterocycles. The fourth-order valence-corrected chi connectivity index (χ4v) is 10.5. The van der Waals surface area contributed by atoms with Crippen molar-refractivity contribution in [3.8, 4) is 0 Å². The number of ketones is 1. The molecule has 0 radical (unpaired) electrons. The fourth-order valence-electron chi connectivity index (χ4n) is 10.5. The average Bonchev–Trinajstić information content (AvgIpc) is 3.58. The molecule has 6 aliphatic carbocycles. The van der Waals surface area contributed by atoms with E-state index < -0.39 is 41.8 Å². The highest BCUT2D eigenvalue weighted by Gasteiger charge is 2.70. The van der Waals surface area contributed by atoms with Crippen LogP contribution in [0.25, 0.3) is 0 Å². The summed E-state index contributed by atoms with van der Waals surface area (Å²) in [6, 6.07) is -2.51. The van der Waals surface area contributed by atoms with Gasteiger partial charge in [0.1, 0.15) is 18.2 Å². The fraction of sp³-hybridized carbons (Fsp3) is 0.853. The maximum absolute atomic E-state index is 14.4. The molecule has 10 heteroatoms. The van der Waals surface area contributed by atoms with Crippen LogP contribution in [0.3, 0.4) is 0 Å². The van der Waals surface area contributed by atoms with Crippen LogP contribution in [0.5, 0.6) is 0 Å². The van der Waals surface area contributed by atoms with Crippen LogP contribution in [0.1, 0.15) is 104 Å². The average molecular weight is 611 g/mol. The summed E-state index contributed by atoms with van der Waals surface area (Å²) < 4.78 is 6.01. The number of hydrogen-bond donors (Lipinski definition) is 3. The highest BCUT2D eigenvalue weighted by Crippen LogP contribution is 2.71. The molecule has 4 N–H and O–H groups in total. The number of ether oxygens (including phenoxy) is 1. The second-order valence-electron chi connectivity index (χ2n) is 16.3. The summed E-state index contributed by atoms with van der Waals surface area (Å²) in [5.41, 5.74) is 5.63. The van der Waals surface area contributed by atoms with Gasteiger partial charge in [-0.3, -0.25) is 19.2 Å². The van der Waals surface area contributed by atoms with Crippen LogP contribution in [0.2, 0.25) is 0 Å². The lowest BCUT2D eigenvalue weighted by molar-refractivity contribution is -0.144. The standard InChI is InChI=1S/C34H50N4O6/c1-33(2)23-17-38(27(25(23)33)30(41)36-24(28(39)29(35)40)13-18-7-6-8-18)31(42)26(20-9-4-3-5-10-20)37-32(43)44-22-12-19-11-21-15-34(21,14-19)16-22/h18-27H,3-17H2,1-2H3,(H2,35,40)(H,36,41)(H,37,43)/t19?,21?,22-,23?,24?,25?,26-,27-,34-/m0/s1. The third kappa shape index (κ3) is 5.31. The van der Waals surface area contributed by atoms with E-state index in [1.54, 1.807) is 4.90 Å². The number of nitrogens with one attached hydrogen (secondary N) is 2. The molecule has 242 valence electrons. The normalized spacial score (nSPS) is 37.9. The second kappa shape index (κ2) is 11.0. The number of likely N-dealkylation sites (tertiary alicyclic amines) is 1. The molecule has 2 bridgehead atoms. The third-order valence-corrected chi connectivity index (χ3v) is 13.3.